The molecule has 0 fully saturated rings. The van der Waals surface area contributed by atoms with Crippen LogP contribution in [0.1, 0.15) is 25.5 Å². The minimum Gasteiger partial charge on any atom is -0.396 e. The van der Waals surface area contributed by atoms with E-state index in [2.05, 4.69) is 4.98 Å². The molecule has 1 aromatic rings. The zero-order chi connectivity index (χ0) is 11.3. The van der Waals surface area contributed by atoms with Crippen molar-refractivity contribution in [3.05, 3.63) is 23.9 Å². The Morgan fingerprint density at radius 1 is 1.53 bits per heavy atom. The Balaban J connectivity index is 2.58. The van der Waals surface area contributed by atoms with Gasteiger partial charge in [-0.25, -0.2) is 4.98 Å². The van der Waals surface area contributed by atoms with Gasteiger partial charge >= 0.3 is 0 Å². The molecular weight excluding hydrogens is 208 g/mol. The van der Waals surface area contributed by atoms with E-state index in [-0.39, 0.29) is 12.6 Å². The molecular formula is C11H18N2OS. The van der Waals surface area contributed by atoms with Crippen molar-refractivity contribution in [1.29, 1.82) is 0 Å². The van der Waals surface area contributed by atoms with Gasteiger partial charge in [0.2, 0.25) is 0 Å². The third kappa shape index (κ3) is 4.20. The maximum atomic E-state index is 8.90. The van der Waals surface area contributed by atoms with Crippen LogP contribution in [0.4, 0.5) is 0 Å². The summed E-state index contributed by atoms with van der Waals surface area (Å²) in [6.07, 6.45) is 1.78. The predicted molar refractivity (Wildman–Crippen MR) is 63.8 cm³/mol. The Kier molecular flexibility index (Phi) is 5.08. The average Bonchev–Trinajstić information content (AvgIpc) is 2.26. The van der Waals surface area contributed by atoms with Crippen LogP contribution in [0.15, 0.2) is 23.4 Å². The van der Waals surface area contributed by atoms with Crippen LogP contribution in [0.3, 0.4) is 0 Å². The zero-order valence-electron chi connectivity index (χ0n) is 9.18. The number of aliphatic hydroxyl groups is 1. The molecule has 84 valence electrons. The monoisotopic (exact) mass is 226 g/mol. The summed E-state index contributed by atoms with van der Waals surface area (Å²) in [5, 5.41) is 9.88. The first-order valence-electron chi connectivity index (χ1n) is 5.08. The summed E-state index contributed by atoms with van der Waals surface area (Å²) < 4.78 is 0. The van der Waals surface area contributed by atoms with Gasteiger partial charge in [-0.3, -0.25) is 0 Å². The number of nitrogens with two attached hydrogens (primary N) is 1. The molecule has 2 atom stereocenters. The molecule has 1 unspecified atom stereocenters. The van der Waals surface area contributed by atoms with Crippen molar-refractivity contribution < 1.29 is 5.11 Å². The smallest absolute Gasteiger partial charge is 0.0963 e. The maximum absolute atomic E-state index is 8.90. The summed E-state index contributed by atoms with van der Waals surface area (Å²) in [5.74, 6) is 1.18. The number of hydrogen-bond donors (Lipinski definition) is 2. The molecule has 15 heavy (non-hydrogen) atoms. The van der Waals surface area contributed by atoms with Crippen LogP contribution in [0.5, 0.6) is 0 Å². The average molecular weight is 226 g/mol. The van der Waals surface area contributed by atoms with E-state index in [9.17, 15) is 0 Å². The summed E-state index contributed by atoms with van der Waals surface area (Å²) in [6, 6.07) is 3.99. The highest BCUT2D eigenvalue weighted by Crippen LogP contribution is 2.21. The molecule has 0 aromatic carbocycles. The third-order valence-corrected chi connectivity index (χ3v) is 3.37. The van der Waals surface area contributed by atoms with Crippen molar-refractivity contribution >= 4 is 11.8 Å². The van der Waals surface area contributed by atoms with Gasteiger partial charge in [-0.2, -0.15) is 0 Å². The predicted octanol–water partition coefficient (Wildman–Crippen LogP) is 1.82. The van der Waals surface area contributed by atoms with Crippen LogP contribution < -0.4 is 5.73 Å². The van der Waals surface area contributed by atoms with Crippen molar-refractivity contribution in [2.45, 2.75) is 24.9 Å². The van der Waals surface area contributed by atoms with Crippen LogP contribution in [-0.2, 0) is 0 Å². The summed E-state index contributed by atoms with van der Waals surface area (Å²) in [4.78, 5) is 4.25. The van der Waals surface area contributed by atoms with Crippen molar-refractivity contribution in [3.8, 4) is 0 Å². The van der Waals surface area contributed by atoms with Crippen molar-refractivity contribution in [2.24, 2.45) is 11.7 Å². The SMILES string of the molecule is CC(CO)CSc1cc([C@@H](C)N)ccn1. The molecule has 0 radical (unpaired) electrons. The number of pyridine rings is 1. The summed E-state index contributed by atoms with van der Waals surface area (Å²) in [6.45, 7) is 4.20. The number of nitrogens with zero attached hydrogens (tertiary/aromatic N) is 1. The van der Waals surface area contributed by atoms with Crippen molar-refractivity contribution in [1.82, 2.24) is 4.98 Å². The molecule has 0 bridgehead atoms. The fourth-order valence-corrected chi connectivity index (χ4v) is 1.98. The number of thioether (sulfide) groups is 1. The van der Waals surface area contributed by atoms with E-state index in [1.54, 1.807) is 18.0 Å². The van der Waals surface area contributed by atoms with Gasteiger partial charge in [0.15, 0.2) is 0 Å². The lowest BCUT2D eigenvalue weighted by atomic mass is 10.1. The first-order valence-corrected chi connectivity index (χ1v) is 6.07. The highest BCUT2D eigenvalue weighted by molar-refractivity contribution is 7.99. The van der Waals surface area contributed by atoms with Gasteiger partial charge in [0.25, 0.3) is 0 Å². The summed E-state index contributed by atoms with van der Waals surface area (Å²) >= 11 is 1.66. The van der Waals surface area contributed by atoms with E-state index < -0.39 is 0 Å². The molecule has 0 aliphatic heterocycles. The highest BCUT2D eigenvalue weighted by atomic mass is 32.2. The molecule has 0 saturated heterocycles. The second-order valence-corrected chi connectivity index (χ2v) is 4.86. The first kappa shape index (κ1) is 12.5. The van der Waals surface area contributed by atoms with E-state index in [1.165, 1.54) is 0 Å². The van der Waals surface area contributed by atoms with Crippen LogP contribution in [0.2, 0.25) is 0 Å². The quantitative estimate of drug-likeness (QED) is 0.752. The lowest BCUT2D eigenvalue weighted by molar-refractivity contribution is 0.250. The van der Waals surface area contributed by atoms with Crippen LogP contribution in [0, 0.1) is 5.92 Å². The van der Waals surface area contributed by atoms with Crippen molar-refractivity contribution in [3.63, 3.8) is 0 Å². The minimum atomic E-state index is 0.0441. The van der Waals surface area contributed by atoms with Gasteiger partial charge in [0.1, 0.15) is 0 Å². The van der Waals surface area contributed by atoms with Gasteiger partial charge in [-0.15, -0.1) is 11.8 Å². The van der Waals surface area contributed by atoms with Gasteiger partial charge in [-0.05, 0) is 30.5 Å². The summed E-state index contributed by atoms with van der Waals surface area (Å²) in [5.41, 5.74) is 6.89. The van der Waals surface area contributed by atoms with Gasteiger partial charge in [0, 0.05) is 24.6 Å². The van der Waals surface area contributed by atoms with E-state index in [1.807, 2.05) is 26.0 Å². The van der Waals surface area contributed by atoms with E-state index in [4.69, 9.17) is 10.8 Å². The van der Waals surface area contributed by atoms with Crippen LogP contribution in [-0.4, -0.2) is 22.5 Å². The Hall–Kier alpha value is -0.580. The molecule has 1 aromatic heterocycles. The van der Waals surface area contributed by atoms with Gasteiger partial charge < -0.3 is 10.8 Å². The molecule has 3 nitrogen and oxygen atoms in total. The largest absolute Gasteiger partial charge is 0.396 e. The molecule has 1 heterocycles. The highest BCUT2D eigenvalue weighted by Gasteiger charge is 2.04. The molecule has 0 amide bonds. The minimum absolute atomic E-state index is 0.0441. The molecule has 0 aliphatic rings. The van der Waals surface area contributed by atoms with Crippen LogP contribution in [0.25, 0.3) is 0 Å². The maximum Gasteiger partial charge on any atom is 0.0963 e. The Morgan fingerprint density at radius 3 is 2.87 bits per heavy atom. The van der Waals surface area contributed by atoms with E-state index in [0.717, 1.165) is 16.3 Å². The standard InChI is InChI=1S/C11H18N2OS/c1-8(6-14)7-15-11-5-10(9(2)12)3-4-13-11/h3-5,8-9,14H,6-7,12H2,1-2H3/t8?,9-/m1/s1. The Morgan fingerprint density at radius 2 is 2.27 bits per heavy atom. The first-order chi connectivity index (χ1) is 7.13. The molecule has 0 aliphatic carbocycles. The molecule has 0 saturated carbocycles. The molecule has 4 heteroatoms. The van der Waals surface area contributed by atoms with Gasteiger partial charge in [-0.1, -0.05) is 6.92 Å². The second kappa shape index (κ2) is 6.10. The van der Waals surface area contributed by atoms with E-state index in [0.29, 0.717) is 5.92 Å². The van der Waals surface area contributed by atoms with E-state index >= 15 is 0 Å². The summed E-state index contributed by atoms with van der Waals surface area (Å²) in [7, 11) is 0. The van der Waals surface area contributed by atoms with Gasteiger partial charge in [0.05, 0.1) is 5.03 Å². The molecule has 3 N–H and O–H groups in total. The lowest BCUT2D eigenvalue weighted by Crippen LogP contribution is -2.06. The second-order valence-electron chi connectivity index (χ2n) is 3.81. The lowest BCUT2D eigenvalue weighted by Gasteiger charge is -2.09. The normalized spacial score (nSPS) is 14.9. The number of aliphatic hydroxyl groups excluding tert-OH is 1. The number of hydrogen-bond acceptors (Lipinski definition) is 4. The molecule has 0 spiro atoms. The fraction of sp³-hybridized carbons (Fsp3) is 0.545. The molecule has 1 rings (SSSR count). The third-order valence-electron chi connectivity index (χ3n) is 2.11. The Bertz CT molecular complexity index is 304. The number of aromatic nitrogens is 1. The fourth-order valence-electron chi connectivity index (χ4n) is 1.07. The topological polar surface area (TPSA) is 59.1 Å². The zero-order valence-corrected chi connectivity index (χ0v) is 10.00. The Labute approximate surface area is 95.1 Å². The van der Waals surface area contributed by atoms with Crippen LogP contribution >= 0.6 is 11.8 Å². The number of rotatable bonds is 5. The van der Waals surface area contributed by atoms with Crippen molar-refractivity contribution in [2.75, 3.05) is 12.4 Å².